The summed E-state index contributed by atoms with van der Waals surface area (Å²) in [5, 5.41) is 15.1. The smallest absolute Gasteiger partial charge is 0.0541 e. The van der Waals surface area contributed by atoms with Gasteiger partial charge < -0.3 is 9.13 Å². The van der Waals surface area contributed by atoms with Crippen LogP contribution in [0.2, 0.25) is 0 Å². The van der Waals surface area contributed by atoms with Crippen molar-refractivity contribution in [1.29, 1.82) is 0 Å². The molecule has 0 fully saturated rings. The zero-order valence-electron chi connectivity index (χ0n) is 23.5. The molecule has 0 aliphatic carbocycles. The van der Waals surface area contributed by atoms with E-state index in [4.69, 9.17) is 0 Å². The molecular formula is C36H36N2. The normalized spacial score (nSPS) is 12.5. The minimum absolute atomic E-state index is 0.0359. The van der Waals surface area contributed by atoms with Gasteiger partial charge in [-0.15, -0.1) is 0 Å². The molecule has 2 heterocycles. The standard InChI is InChI=1S/C34H30N2.C2H6/c1-9-20-16-23-21-12-15-27-33-29(19(5)36(27)11-3)25(34(6,7)8)17-24(31(21)33)22-13-14-26-32(30(22)23)28(20)18(4)35(26)10-2;1-2/h10-17H,2-5,9H2,1,6-8H3;1-2H3. The molecule has 0 aliphatic rings. The summed E-state index contributed by atoms with van der Waals surface area (Å²) in [6, 6.07) is 14.0. The van der Waals surface area contributed by atoms with Crippen LogP contribution >= 0.6 is 0 Å². The van der Waals surface area contributed by atoms with Crippen molar-refractivity contribution in [3.63, 3.8) is 0 Å². The first-order valence-corrected chi connectivity index (χ1v) is 13.7. The summed E-state index contributed by atoms with van der Waals surface area (Å²) in [6.07, 6.45) is 4.74. The summed E-state index contributed by atoms with van der Waals surface area (Å²) < 4.78 is 4.30. The summed E-state index contributed by atoms with van der Waals surface area (Å²) in [6.45, 7) is 30.3. The van der Waals surface area contributed by atoms with Crippen LogP contribution in [-0.4, -0.2) is 9.13 Å². The van der Waals surface area contributed by atoms with Gasteiger partial charge >= 0.3 is 0 Å². The van der Waals surface area contributed by atoms with E-state index < -0.39 is 0 Å². The Morgan fingerprint density at radius 2 is 1.13 bits per heavy atom. The lowest BCUT2D eigenvalue weighted by Gasteiger charge is -2.23. The molecule has 0 atom stereocenters. The average molecular weight is 497 g/mol. The van der Waals surface area contributed by atoms with Crippen LogP contribution in [0, 0.1) is 0 Å². The summed E-state index contributed by atoms with van der Waals surface area (Å²) in [4.78, 5) is 0. The number of nitrogens with zero attached hydrogens (tertiary/aromatic N) is 2. The molecule has 0 aliphatic heterocycles. The molecule has 0 N–H and O–H groups in total. The van der Waals surface area contributed by atoms with Gasteiger partial charge in [-0.2, -0.15) is 0 Å². The maximum Gasteiger partial charge on any atom is 0.0541 e. The highest BCUT2D eigenvalue weighted by Crippen LogP contribution is 2.47. The molecular weight excluding hydrogens is 460 g/mol. The molecule has 0 amide bonds. The van der Waals surface area contributed by atoms with Gasteiger partial charge in [-0.25, -0.2) is 0 Å². The number of aromatic nitrogens is 2. The lowest BCUT2D eigenvalue weighted by atomic mass is 9.79. The molecule has 0 saturated carbocycles. The molecule has 190 valence electrons. The molecule has 7 rings (SSSR count). The van der Waals surface area contributed by atoms with Crippen LogP contribution in [0.1, 0.15) is 52.7 Å². The van der Waals surface area contributed by atoms with Gasteiger partial charge in [0.25, 0.3) is 0 Å². The molecule has 38 heavy (non-hydrogen) atoms. The van der Waals surface area contributed by atoms with Crippen LogP contribution in [0.25, 0.3) is 90.5 Å². The third-order valence-electron chi connectivity index (χ3n) is 8.42. The lowest BCUT2D eigenvalue weighted by Crippen LogP contribution is -2.16. The van der Waals surface area contributed by atoms with Crippen molar-refractivity contribution in [2.75, 3.05) is 0 Å². The van der Waals surface area contributed by atoms with Crippen molar-refractivity contribution in [2.45, 2.75) is 53.4 Å². The van der Waals surface area contributed by atoms with Crippen molar-refractivity contribution in [1.82, 2.24) is 9.13 Å². The van der Waals surface area contributed by atoms with Gasteiger partial charge in [0.1, 0.15) is 0 Å². The minimum Gasteiger partial charge on any atom is -0.317 e. The summed E-state index contributed by atoms with van der Waals surface area (Å²) in [5.74, 6) is 0. The van der Waals surface area contributed by atoms with Crippen molar-refractivity contribution in [3.8, 4) is 0 Å². The third kappa shape index (κ3) is 2.73. The van der Waals surface area contributed by atoms with Gasteiger partial charge in [0.05, 0.1) is 11.0 Å². The molecule has 0 unspecified atom stereocenters. The number of fused-ring (bicyclic) bond motifs is 2. The molecule has 0 bridgehead atoms. The zero-order valence-corrected chi connectivity index (χ0v) is 23.5. The van der Waals surface area contributed by atoms with Crippen molar-refractivity contribution in [3.05, 3.63) is 71.4 Å². The predicted molar refractivity (Wildman–Crippen MR) is 172 cm³/mol. The van der Waals surface area contributed by atoms with Crippen LogP contribution in [0.5, 0.6) is 0 Å². The first kappa shape index (κ1) is 24.3. The fourth-order valence-corrected chi connectivity index (χ4v) is 6.88. The minimum atomic E-state index is -0.0359. The number of benzene rings is 5. The summed E-state index contributed by atoms with van der Waals surface area (Å²) in [5.41, 5.74) is 4.99. The van der Waals surface area contributed by atoms with Gasteiger partial charge in [-0.3, -0.25) is 0 Å². The second-order valence-corrected chi connectivity index (χ2v) is 11.2. The van der Waals surface area contributed by atoms with Crippen molar-refractivity contribution in [2.24, 2.45) is 0 Å². The Morgan fingerprint density at radius 3 is 1.61 bits per heavy atom. The average Bonchev–Trinajstić information content (AvgIpc) is 3.37. The van der Waals surface area contributed by atoms with Crippen LogP contribution < -0.4 is 10.7 Å². The molecule has 2 nitrogen and oxygen atoms in total. The van der Waals surface area contributed by atoms with Gasteiger partial charge in [0.15, 0.2) is 0 Å². The molecule has 0 radical (unpaired) electrons. The van der Waals surface area contributed by atoms with E-state index >= 15 is 0 Å². The number of hydrogen-bond donors (Lipinski definition) is 0. The fraction of sp³-hybridized carbons (Fsp3) is 0.222. The van der Waals surface area contributed by atoms with Crippen molar-refractivity contribution < 1.29 is 0 Å². The van der Waals surface area contributed by atoms with Crippen LogP contribution in [0.4, 0.5) is 0 Å². The largest absolute Gasteiger partial charge is 0.317 e. The highest BCUT2D eigenvalue weighted by molar-refractivity contribution is 6.40. The maximum absolute atomic E-state index is 4.52. The number of aryl methyl sites for hydroxylation is 1. The van der Waals surface area contributed by atoms with E-state index in [1.54, 1.807) is 0 Å². The second-order valence-electron chi connectivity index (χ2n) is 11.2. The van der Waals surface area contributed by atoms with E-state index in [2.05, 4.69) is 99.5 Å². The van der Waals surface area contributed by atoms with E-state index in [0.717, 1.165) is 17.1 Å². The Bertz CT molecular complexity index is 2170. The quantitative estimate of drug-likeness (QED) is 0.171. The Labute approximate surface area is 224 Å². The van der Waals surface area contributed by atoms with E-state index in [1.165, 1.54) is 76.0 Å². The lowest BCUT2D eigenvalue weighted by molar-refractivity contribution is 0.596. The van der Waals surface area contributed by atoms with E-state index in [0.29, 0.717) is 0 Å². The van der Waals surface area contributed by atoms with Crippen LogP contribution in [-0.2, 0) is 11.8 Å². The van der Waals surface area contributed by atoms with Crippen LogP contribution in [0.3, 0.4) is 0 Å². The molecule has 5 aromatic carbocycles. The molecule has 2 aromatic heterocycles. The van der Waals surface area contributed by atoms with E-state index in [1.807, 2.05) is 26.2 Å². The number of hydrogen-bond acceptors (Lipinski definition) is 0. The van der Waals surface area contributed by atoms with Gasteiger partial charge in [0.2, 0.25) is 0 Å². The molecule has 0 saturated heterocycles. The second kappa shape index (κ2) is 7.98. The summed E-state index contributed by atoms with van der Waals surface area (Å²) >= 11 is 0. The summed E-state index contributed by atoms with van der Waals surface area (Å²) in [7, 11) is 0. The Morgan fingerprint density at radius 1 is 0.658 bits per heavy atom. The van der Waals surface area contributed by atoms with E-state index in [-0.39, 0.29) is 5.41 Å². The Balaban J connectivity index is 0.00000129. The first-order chi connectivity index (χ1) is 18.2. The molecule has 7 aromatic rings. The topological polar surface area (TPSA) is 9.86 Å². The molecule has 0 spiro atoms. The monoisotopic (exact) mass is 496 g/mol. The highest BCUT2D eigenvalue weighted by atomic mass is 14.9. The Kier molecular flexibility index (Phi) is 5.10. The van der Waals surface area contributed by atoms with Gasteiger partial charge in [-0.05, 0) is 68.8 Å². The van der Waals surface area contributed by atoms with Gasteiger partial charge in [-0.1, -0.05) is 80.0 Å². The van der Waals surface area contributed by atoms with Crippen molar-refractivity contribution >= 4 is 90.5 Å². The fourth-order valence-electron chi connectivity index (χ4n) is 6.88. The highest BCUT2D eigenvalue weighted by Gasteiger charge is 2.27. The first-order valence-electron chi connectivity index (χ1n) is 13.7. The maximum atomic E-state index is 4.52. The predicted octanol–water partition coefficient (Wildman–Crippen LogP) is 8.99. The Hall–Kier alpha value is -4.04. The van der Waals surface area contributed by atoms with Gasteiger partial charge in [0, 0.05) is 55.4 Å². The van der Waals surface area contributed by atoms with E-state index in [9.17, 15) is 0 Å². The SMILES string of the molecule is C=Cn1c(=C)c2c(CC)cc3c4ccc5c6c(c(C(C)(C)C)cc(c7ccc1c2c37)c46)c(=C)n5C=C.CC. The molecule has 2 heteroatoms. The number of rotatable bonds is 3. The third-order valence-corrected chi connectivity index (χ3v) is 8.42. The van der Waals surface area contributed by atoms with Crippen LogP contribution in [0.15, 0.2) is 49.6 Å². The zero-order chi connectivity index (χ0) is 27.3.